The number of benzene rings is 1. The second kappa shape index (κ2) is 2.70. The summed E-state index contributed by atoms with van der Waals surface area (Å²) in [7, 11) is 0. The van der Waals surface area contributed by atoms with Crippen molar-refractivity contribution < 1.29 is 4.79 Å². The van der Waals surface area contributed by atoms with Gasteiger partial charge >= 0.3 is 0 Å². The van der Waals surface area contributed by atoms with Crippen LogP contribution in [-0.2, 0) is 4.79 Å². The van der Waals surface area contributed by atoms with Gasteiger partial charge in [-0.2, -0.15) is 0 Å². The van der Waals surface area contributed by atoms with Crippen LogP contribution in [-0.4, -0.2) is 16.3 Å². The van der Waals surface area contributed by atoms with Crippen LogP contribution in [0.4, 0.5) is 0 Å². The van der Waals surface area contributed by atoms with Crippen molar-refractivity contribution in [1.82, 2.24) is 9.97 Å². The van der Waals surface area contributed by atoms with Crippen molar-refractivity contribution in [2.24, 2.45) is 0 Å². The molecule has 0 saturated heterocycles. The number of hydrogen-bond donors (Lipinski definition) is 0. The molecule has 0 aliphatic carbocycles. The maximum Gasteiger partial charge on any atom is 0.254 e. The minimum absolute atomic E-state index is 0.320. The molecule has 0 aliphatic heterocycles. The maximum absolute atomic E-state index is 10.4. The van der Waals surface area contributed by atoms with Crippen molar-refractivity contribution in [2.75, 3.05) is 0 Å². The molecule has 0 atom stereocenters. The van der Waals surface area contributed by atoms with Crippen molar-refractivity contribution in [3.05, 3.63) is 36.3 Å². The Morgan fingerprint density at radius 2 is 2.00 bits per heavy atom. The summed E-state index contributed by atoms with van der Waals surface area (Å²) in [6, 6.07) is 7.34. The number of rotatable bonds is 1. The van der Waals surface area contributed by atoms with Gasteiger partial charge in [0.2, 0.25) is 0 Å². The van der Waals surface area contributed by atoms with Crippen molar-refractivity contribution in [3.63, 3.8) is 0 Å². The SMILES string of the molecule is O=[C]c1ncnc2ccccc12. The van der Waals surface area contributed by atoms with Crippen LogP contribution in [0.5, 0.6) is 0 Å². The zero-order chi connectivity index (χ0) is 8.39. The third-order valence-electron chi connectivity index (χ3n) is 1.64. The summed E-state index contributed by atoms with van der Waals surface area (Å²) in [5, 5.41) is 0.745. The first-order chi connectivity index (χ1) is 5.92. The monoisotopic (exact) mass is 157 g/mol. The Labute approximate surface area is 69.1 Å². The Kier molecular flexibility index (Phi) is 1.55. The highest BCUT2D eigenvalue weighted by atomic mass is 16.1. The quantitative estimate of drug-likeness (QED) is 0.622. The Balaban J connectivity index is 2.88. The smallest absolute Gasteiger partial charge is 0.254 e. The van der Waals surface area contributed by atoms with Gasteiger partial charge in [-0.3, -0.25) is 4.79 Å². The van der Waals surface area contributed by atoms with Crippen LogP contribution >= 0.6 is 0 Å². The summed E-state index contributed by atoms with van der Waals surface area (Å²) >= 11 is 0. The van der Waals surface area contributed by atoms with E-state index >= 15 is 0 Å². The van der Waals surface area contributed by atoms with E-state index in [1.165, 1.54) is 6.33 Å². The predicted octanol–water partition coefficient (Wildman–Crippen LogP) is 1.09. The lowest BCUT2D eigenvalue weighted by molar-refractivity contribution is 0.562. The van der Waals surface area contributed by atoms with Crippen molar-refractivity contribution >= 4 is 17.2 Å². The third kappa shape index (κ3) is 0.955. The second-order valence-electron chi connectivity index (χ2n) is 2.34. The fraction of sp³-hybridized carbons (Fsp3) is 0. The molecule has 2 aromatic rings. The number of fused-ring (bicyclic) bond motifs is 1. The minimum atomic E-state index is 0.320. The first kappa shape index (κ1) is 6.91. The number of nitrogens with zero attached hydrogens (tertiary/aromatic N) is 2. The Bertz CT molecular complexity index is 420. The molecule has 12 heavy (non-hydrogen) atoms. The van der Waals surface area contributed by atoms with Crippen LogP contribution < -0.4 is 0 Å². The Morgan fingerprint density at radius 3 is 2.83 bits per heavy atom. The molecule has 1 heterocycles. The molecule has 0 saturated carbocycles. The van der Waals surface area contributed by atoms with Gasteiger partial charge in [0.1, 0.15) is 12.0 Å². The average molecular weight is 157 g/mol. The van der Waals surface area contributed by atoms with Crippen LogP contribution in [0.25, 0.3) is 10.9 Å². The molecule has 1 aromatic heterocycles. The average Bonchev–Trinajstić information content (AvgIpc) is 2.17. The summed E-state index contributed by atoms with van der Waals surface area (Å²) in [5.41, 5.74) is 1.09. The molecule has 1 aromatic carbocycles. The summed E-state index contributed by atoms with van der Waals surface area (Å²) < 4.78 is 0. The van der Waals surface area contributed by atoms with Crippen LogP contribution in [0.15, 0.2) is 30.6 Å². The van der Waals surface area contributed by atoms with Gasteiger partial charge in [0.15, 0.2) is 0 Å². The van der Waals surface area contributed by atoms with Gasteiger partial charge < -0.3 is 0 Å². The molecule has 57 valence electrons. The van der Waals surface area contributed by atoms with Gasteiger partial charge in [-0.25, -0.2) is 9.97 Å². The highest BCUT2D eigenvalue weighted by Crippen LogP contribution is 2.11. The van der Waals surface area contributed by atoms with Crippen LogP contribution in [0.2, 0.25) is 0 Å². The van der Waals surface area contributed by atoms with Gasteiger partial charge in [-0.05, 0) is 6.07 Å². The van der Waals surface area contributed by atoms with Crippen LogP contribution in [0, 0.1) is 0 Å². The summed E-state index contributed by atoms with van der Waals surface area (Å²) in [6.45, 7) is 0. The fourth-order valence-electron chi connectivity index (χ4n) is 1.09. The molecule has 3 heteroatoms. The van der Waals surface area contributed by atoms with Crippen molar-refractivity contribution in [1.29, 1.82) is 0 Å². The number of hydrogen-bond acceptors (Lipinski definition) is 3. The molecule has 0 unspecified atom stereocenters. The highest BCUT2D eigenvalue weighted by Gasteiger charge is 2.00. The standard InChI is InChI=1S/C9H5N2O/c12-5-9-7-3-1-2-4-8(7)10-6-11-9/h1-4,6H. The first-order valence-electron chi connectivity index (χ1n) is 3.50. The molecule has 0 N–H and O–H groups in total. The molecular formula is C9H5N2O. The molecule has 2 rings (SSSR count). The molecule has 0 fully saturated rings. The van der Waals surface area contributed by atoms with E-state index in [4.69, 9.17) is 0 Å². The van der Waals surface area contributed by atoms with E-state index in [1.807, 2.05) is 18.2 Å². The summed E-state index contributed by atoms with van der Waals surface area (Å²) in [4.78, 5) is 18.2. The number of carbonyl (C=O) groups excluding carboxylic acids is 1. The van der Waals surface area contributed by atoms with E-state index in [0.29, 0.717) is 5.69 Å². The van der Waals surface area contributed by atoms with Crippen LogP contribution in [0.3, 0.4) is 0 Å². The van der Waals surface area contributed by atoms with Crippen LogP contribution in [0.1, 0.15) is 5.69 Å². The second-order valence-corrected chi connectivity index (χ2v) is 2.34. The zero-order valence-electron chi connectivity index (χ0n) is 6.19. The van der Waals surface area contributed by atoms with Gasteiger partial charge in [0, 0.05) is 5.39 Å². The van der Waals surface area contributed by atoms with E-state index in [2.05, 4.69) is 9.97 Å². The Morgan fingerprint density at radius 1 is 1.17 bits per heavy atom. The van der Waals surface area contributed by atoms with Gasteiger partial charge in [0.25, 0.3) is 6.29 Å². The molecule has 0 amide bonds. The minimum Gasteiger partial charge on any atom is -0.283 e. The molecule has 0 spiro atoms. The molecule has 0 bridgehead atoms. The van der Waals surface area contributed by atoms with E-state index in [-0.39, 0.29) is 0 Å². The van der Waals surface area contributed by atoms with E-state index < -0.39 is 0 Å². The lowest BCUT2D eigenvalue weighted by atomic mass is 10.2. The fourth-order valence-corrected chi connectivity index (χ4v) is 1.09. The molecule has 3 nitrogen and oxygen atoms in total. The number of para-hydroxylation sites is 1. The van der Waals surface area contributed by atoms with E-state index in [0.717, 1.165) is 10.9 Å². The molecule has 1 radical (unpaired) electrons. The largest absolute Gasteiger partial charge is 0.283 e. The summed E-state index contributed by atoms with van der Waals surface area (Å²) in [6.07, 6.45) is 3.13. The van der Waals surface area contributed by atoms with E-state index in [1.54, 1.807) is 12.4 Å². The summed E-state index contributed by atoms with van der Waals surface area (Å²) in [5.74, 6) is 0. The normalized spacial score (nSPS) is 10.0. The first-order valence-corrected chi connectivity index (χ1v) is 3.50. The zero-order valence-corrected chi connectivity index (χ0v) is 6.19. The van der Waals surface area contributed by atoms with Crippen molar-refractivity contribution in [2.45, 2.75) is 0 Å². The lowest BCUT2D eigenvalue weighted by Gasteiger charge is -1.95. The maximum atomic E-state index is 10.4. The van der Waals surface area contributed by atoms with Gasteiger partial charge in [-0.1, -0.05) is 18.2 Å². The third-order valence-corrected chi connectivity index (χ3v) is 1.64. The molecule has 0 aliphatic rings. The van der Waals surface area contributed by atoms with Gasteiger partial charge in [-0.15, -0.1) is 0 Å². The molecular weight excluding hydrogens is 152 g/mol. The van der Waals surface area contributed by atoms with Gasteiger partial charge in [0.05, 0.1) is 5.52 Å². The predicted molar refractivity (Wildman–Crippen MR) is 44.3 cm³/mol. The lowest BCUT2D eigenvalue weighted by Crippen LogP contribution is -1.90. The topological polar surface area (TPSA) is 42.9 Å². The highest BCUT2D eigenvalue weighted by molar-refractivity contribution is 5.94. The number of aromatic nitrogens is 2. The van der Waals surface area contributed by atoms with E-state index in [9.17, 15) is 4.79 Å². The Hall–Kier alpha value is -1.77. The van der Waals surface area contributed by atoms with Crippen molar-refractivity contribution in [3.8, 4) is 0 Å².